The van der Waals surface area contributed by atoms with Crippen molar-refractivity contribution >= 4 is 27.4 Å². The maximum absolute atomic E-state index is 11.4. The van der Waals surface area contributed by atoms with Crippen LogP contribution < -0.4 is 0 Å². The SMILES string of the molecule is COC(=O)[C@@H](O)C1CCN(Cc2cc3ccccc3s2)CC1. The van der Waals surface area contributed by atoms with Crippen LogP contribution in [0.25, 0.3) is 10.1 Å². The van der Waals surface area contributed by atoms with Gasteiger partial charge in [0.15, 0.2) is 6.10 Å². The summed E-state index contributed by atoms with van der Waals surface area (Å²) in [5, 5.41) is 11.2. The lowest BCUT2D eigenvalue weighted by Gasteiger charge is -2.33. The zero-order chi connectivity index (χ0) is 15.5. The molecule has 0 amide bonds. The number of hydrogen-bond acceptors (Lipinski definition) is 5. The Kier molecular flexibility index (Phi) is 4.76. The summed E-state index contributed by atoms with van der Waals surface area (Å²) in [6.07, 6.45) is 0.693. The van der Waals surface area contributed by atoms with E-state index in [1.807, 2.05) is 11.3 Å². The van der Waals surface area contributed by atoms with Crippen molar-refractivity contribution in [2.75, 3.05) is 20.2 Å². The number of rotatable bonds is 4. The monoisotopic (exact) mass is 319 g/mol. The number of piperidine rings is 1. The Balaban J connectivity index is 1.56. The van der Waals surface area contributed by atoms with Crippen molar-refractivity contribution in [3.63, 3.8) is 0 Å². The van der Waals surface area contributed by atoms with E-state index in [0.717, 1.165) is 32.5 Å². The third-order valence-corrected chi connectivity index (χ3v) is 5.48. The second-order valence-electron chi connectivity index (χ2n) is 5.83. The van der Waals surface area contributed by atoms with Gasteiger partial charge in [0.1, 0.15) is 0 Å². The zero-order valence-corrected chi connectivity index (χ0v) is 13.5. The molecule has 118 valence electrons. The van der Waals surface area contributed by atoms with E-state index in [4.69, 9.17) is 0 Å². The number of esters is 1. The fourth-order valence-electron chi connectivity index (χ4n) is 3.08. The molecule has 1 aliphatic rings. The van der Waals surface area contributed by atoms with Gasteiger partial charge in [0, 0.05) is 16.1 Å². The van der Waals surface area contributed by atoms with Crippen LogP contribution in [0.15, 0.2) is 30.3 Å². The lowest BCUT2D eigenvalue weighted by atomic mass is 9.91. The first-order chi connectivity index (χ1) is 10.7. The Morgan fingerprint density at radius 1 is 1.41 bits per heavy atom. The molecule has 1 saturated heterocycles. The van der Waals surface area contributed by atoms with Crippen LogP contribution in [0.1, 0.15) is 17.7 Å². The maximum atomic E-state index is 11.4. The van der Waals surface area contributed by atoms with Crippen molar-refractivity contribution < 1.29 is 14.6 Å². The van der Waals surface area contributed by atoms with Gasteiger partial charge in [0.05, 0.1) is 7.11 Å². The van der Waals surface area contributed by atoms with Crippen molar-refractivity contribution in [3.05, 3.63) is 35.2 Å². The highest BCUT2D eigenvalue weighted by molar-refractivity contribution is 7.19. The summed E-state index contributed by atoms with van der Waals surface area (Å²) >= 11 is 1.84. The molecule has 0 radical (unpaired) electrons. The third kappa shape index (κ3) is 3.32. The number of hydrogen-bond donors (Lipinski definition) is 1. The van der Waals surface area contributed by atoms with E-state index in [0.29, 0.717) is 0 Å². The number of methoxy groups -OCH3 is 1. The summed E-state index contributed by atoms with van der Waals surface area (Å²) in [6, 6.07) is 10.7. The van der Waals surface area contributed by atoms with Crippen LogP contribution in [0.2, 0.25) is 0 Å². The highest BCUT2D eigenvalue weighted by Crippen LogP contribution is 2.28. The molecule has 0 spiro atoms. The molecule has 4 nitrogen and oxygen atoms in total. The van der Waals surface area contributed by atoms with Crippen LogP contribution in [0.4, 0.5) is 0 Å². The van der Waals surface area contributed by atoms with E-state index >= 15 is 0 Å². The molecule has 0 aliphatic carbocycles. The molecule has 2 heterocycles. The largest absolute Gasteiger partial charge is 0.467 e. The highest BCUT2D eigenvalue weighted by atomic mass is 32.1. The standard InChI is InChI=1S/C17H21NO3S/c1-21-17(20)16(19)12-6-8-18(9-7-12)11-14-10-13-4-2-3-5-15(13)22-14/h2-5,10,12,16,19H,6-9,11H2,1H3/t16-/m0/s1. The summed E-state index contributed by atoms with van der Waals surface area (Å²) in [5.74, 6) is -0.492. The molecule has 2 aromatic rings. The predicted octanol–water partition coefficient (Wildman–Crippen LogP) is 2.65. The van der Waals surface area contributed by atoms with Gasteiger partial charge in [-0.3, -0.25) is 4.90 Å². The van der Waals surface area contributed by atoms with Gasteiger partial charge < -0.3 is 9.84 Å². The van der Waals surface area contributed by atoms with Crippen molar-refractivity contribution in [1.82, 2.24) is 4.90 Å². The molecule has 0 saturated carbocycles. The van der Waals surface area contributed by atoms with E-state index in [9.17, 15) is 9.90 Å². The van der Waals surface area contributed by atoms with E-state index < -0.39 is 12.1 Å². The van der Waals surface area contributed by atoms with E-state index in [-0.39, 0.29) is 5.92 Å². The molecule has 1 aromatic heterocycles. The minimum Gasteiger partial charge on any atom is -0.467 e. The number of aliphatic hydroxyl groups excluding tert-OH is 1. The Labute approximate surface area is 134 Å². The van der Waals surface area contributed by atoms with Gasteiger partial charge in [0.2, 0.25) is 0 Å². The number of carbonyl (C=O) groups excluding carboxylic acids is 1. The highest BCUT2D eigenvalue weighted by Gasteiger charge is 2.30. The molecule has 0 bridgehead atoms. The van der Waals surface area contributed by atoms with Crippen LogP contribution in [0.5, 0.6) is 0 Å². The molecule has 1 aromatic carbocycles. The smallest absolute Gasteiger partial charge is 0.334 e. The molecule has 1 fully saturated rings. The number of benzene rings is 1. The van der Waals surface area contributed by atoms with Crippen LogP contribution >= 0.6 is 11.3 Å². The van der Waals surface area contributed by atoms with Gasteiger partial charge in [-0.15, -0.1) is 11.3 Å². The summed E-state index contributed by atoms with van der Waals surface area (Å²) in [6.45, 7) is 2.76. The normalized spacial score (nSPS) is 18.5. The Morgan fingerprint density at radius 3 is 2.82 bits per heavy atom. The molecule has 1 atom stereocenters. The molecule has 0 unspecified atom stereocenters. The average Bonchev–Trinajstić information content (AvgIpc) is 2.96. The molecular formula is C17H21NO3S. The number of fused-ring (bicyclic) bond motifs is 1. The molecule has 22 heavy (non-hydrogen) atoms. The minimum atomic E-state index is -0.975. The number of nitrogens with zero attached hydrogens (tertiary/aromatic N) is 1. The fourth-order valence-corrected chi connectivity index (χ4v) is 4.18. The first kappa shape index (κ1) is 15.5. The van der Waals surface area contributed by atoms with Gasteiger partial charge in [-0.1, -0.05) is 18.2 Å². The second-order valence-corrected chi connectivity index (χ2v) is 7.00. The first-order valence-electron chi connectivity index (χ1n) is 7.63. The summed E-state index contributed by atoms with van der Waals surface area (Å²) < 4.78 is 5.95. The van der Waals surface area contributed by atoms with Crippen molar-refractivity contribution in [2.45, 2.75) is 25.5 Å². The number of aliphatic hydroxyl groups is 1. The molecular weight excluding hydrogens is 298 g/mol. The summed E-state index contributed by atoms with van der Waals surface area (Å²) in [7, 11) is 1.32. The van der Waals surface area contributed by atoms with Crippen molar-refractivity contribution in [3.8, 4) is 0 Å². The van der Waals surface area contributed by atoms with Crippen LogP contribution in [0, 0.1) is 5.92 Å². The lowest BCUT2D eigenvalue weighted by Crippen LogP contribution is -2.40. The first-order valence-corrected chi connectivity index (χ1v) is 8.44. The Hall–Kier alpha value is -1.43. The van der Waals surface area contributed by atoms with Crippen LogP contribution in [-0.4, -0.2) is 42.3 Å². The van der Waals surface area contributed by atoms with Crippen molar-refractivity contribution in [1.29, 1.82) is 0 Å². The second kappa shape index (κ2) is 6.77. The van der Waals surface area contributed by atoms with Gasteiger partial charge in [-0.25, -0.2) is 4.79 Å². The lowest BCUT2D eigenvalue weighted by molar-refractivity contribution is -0.154. The van der Waals surface area contributed by atoms with Crippen molar-refractivity contribution in [2.24, 2.45) is 5.92 Å². The maximum Gasteiger partial charge on any atom is 0.334 e. The van der Waals surface area contributed by atoms with Gasteiger partial charge in [-0.05, 0) is 49.4 Å². The molecule has 1 aliphatic heterocycles. The summed E-state index contributed by atoms with van der Waals surface area (Å²) in [4.78, 5) is 15.2. The quantitative estimate of drug-likeness (QED) is 0.880. The summed E-state index contributed by atoms with van der Waals surface area (Å²) in [5.41, 5.74) is 0. The average molecular weight is 319 g/mol. The topological polar surface area (TPSA) is 49.8 Å². The van der Waals surface area contributed by atoms with Gasteiger partial charge >= 0.3 is 5.97 Å². The van der Waals surface area contributed by atoms with E-state index in [1.165, 1.54) is 22.1 Å². The number of ether oxygens (including phenoxy) is 1. The molecule has 3 rings (SSSR count). The zero-order valence-electron chi connectivity index (χ0n) is 12.7. The molecule has 1 N–H and O–H groups in total. The number of carbonyl (C=O) groups is 1. The Morgan fingerprint density at radius 2 is 2.14 bits per heavy atom. The minimum absolute atomic E-state index is 0.0195. The van der Waals surface area contributed by atoms with Crippen LogP contribution in [-0.2, 0) is 16.1 Å². The molecule has 5 heteroatoms. The number of thiophene rings is 1. The van der Waals surface area contributed by atoms with Gasteiger partial charge in [0.25, 0.3) is 0 Å². The van der Waals surface area contributed by atoms with Gasteiger partial charge in [-0.2, -0.15) is 0 Å². The predicted molar refractivity (Wildman–Crippen MR) is 87.8 cm³/mol. The third-order valence-electron chi connectivity index (χ3n) is 4.38. The van der Waals surface area contributed by atoms with Crippen LogP contribution in [0.3, 0.4) is 0 Å². The van der Waals surface area contributed by atoms with E-state index in [2.05, 4.69) is 40.0 Å². The fraction of sp³-hybridized carbons (Fsp3) is 0.471. The van der Waals surface area contributed by atoms with E-state index in [1.54, 1.807) is 0 Å². The number of likely N-dealkylation sites (tertiary alicyclic amines) is 1. The Bertz CT molecular complexity index is 613.